The fourth-order valence-corrected chi connectivity index (χ4v) is 6.30. The quantitative estimate of drug-likeness (QED) is 0.802. The number of hydrogen-bond donors (Lipinski definition) is 1. The third-order valence-corrected chi connectivity index (χ3v) is 7.36. The van der Waals surface area contributed by atoms with Crippen LogP contribution in [-0.4, -0.2) is 12.6 Å². The molecule has 0 heterocycles. The van der Waals surface area contributed by atoms with Crippen LogP contribution in [0.25, 0.3) is 0 Å². The second-order valence-corrected chi connectivity index (χ2v) is 8.19. The topological polar surface area (TPSA) is 12.0 Å². The van der Waals surface area contributed by atoms with Gasteiger partial charge in [-0.2, -0.15) is 0 Å². The van der Waals surface area contributed by atoms with E-state index in [9.17, 15) is 0 Å². The summed E-state index contributed by atoms with van der Waals surface area (Å²) in [6, 6.07) is 0.901. The molecule has 4 saturated carbocycles. The van der Waals surface area contributed by atoms with E-state index < -0.39 is 0 Å². The second-order valence-electron chi connectivity index (χ2n) is 8.19. The first-order chi connectivity index (χ1) is 9.33. The second kappa shape index (κ2) is 5.06. The monoisotopic (exact) mass is 261 g/mol. The summed E-state index contributed by atoms with van der Waals surface area (Å²) in [5, 5.41) is 4.03. The van der Waals surface area contributed by atoms with Gasteiger partial charge in [0.15, 0.2) is 0 Å². The summed E-state index contributed by atoms with van der Waals surface area (Å²) in [6.45, 7) is 3.81. The van der Waals surface area contributed by atoms with Gasteiger partial charge in [0.2, 0.25) is 0 Å². The van der Waals surface area contributed by atoms with Crippen LogP contribution < -0.4 is 5.32 Å². The maximum absolute atomic E-state index is 4.03. The Morgan fingerprint density at radius 2 is 1.68 bits per heavy atom. The zero-order chi connectivity index (χ0) is 12.8. The molecule has 0 aliphatic heterocycles. The summed E-state index contributed by atoms with van der Waals surface area (Å²) < 4.78 is 0. The molecule has 19 heavy (non-hydrogen) atoms. The van der Waals surface area contributed by atoms with Gasteiger partial charge in [-0.15, -0.1) is 0 Å². The van der Waals surface area contributed by atoms with Crippen molar-refractivity contribution < 1.29 is 0 Å². The minimum absolute atomic E-state index is 0.901. The maximum Gasteiger partial charge on any atom is 0.0101 e. The smallest absolute Gasteiger partial charge is 0.0101 e. The van der Waals surface area contributed by atoms with Gasteiger partial charge in [0.1, 0.15) is 0 Å². The molecule has 4 rings (SSSR count). The number of nitrogens with one attached hydrogen (secondary N) is 1. The highest BCUT2D eigenvalue weighted by atomic mass is 14.9. The Morgan fingerprint density at radius 3 is 2.58 bits per heavy atom. The lowest BCUT2D eigenvalue weighted by atomic mass is 9.78. The lowest BCUT2D eigenvalue weighted by Crippen LogP contribution is -2.42. The molecule has 4 aliphatic rings. The van der Waals surface area contributed by atoms with Gasteiger partial charge in [-0.3, -0.25) is 0 Å². The van der Waals surface area contributed by atoms with Crippen molar-refractivity contribution in [2.24, 2.45) is 35.5 Å². The molecule has 0 amide bonds. The summed E-state index contributed by atoms with van der Waals surface area (Å²) in [6.07, 6.45) is 13.7. The average molecular weight is 261 g/mol. The van der Waals surface area contributed by atoms with Crippen LogP contribution in [0.4, 0.5) is 0 Å². The molecule has 1 nitrogen and oxygen atoms in total. The highest BCUT2D eigenvalue weighted by molar-refractivity contribution is 5.05. The number of rotatable bonds is 3. The molecule has 0 aromatic rings. The molecule has 7 atom stereocenters. The normalized spacial score (nSPS) is 52.6. The van der Waals surface area contributed by atoms with E-state index >= 15 is 0 Å². The molecule has 108 valence electrons. The highest BCUT2D eigenvalue weighted by Crippen LogP contribution is 2.58. The summed E-state index contributed by atoms with van der Waals surface area (Å²) in [5.74, 6) is 6.40. The van der Waals surface area contributed by atoms with Crippen molar-refractivity contribution in [3.63, 3.8) is 0 Å². The van der Waals surface area contributed by atoms with Gasteiger partial charge in [0.25, 0.3) is 0 Å². The minimum atomic E-state index is 0.901. The SMILES string of the molecule is CC1CCCCC1CNC1CC2CC1C1CCCC21. The summed E-state index contributed by atoms with van der Waals surface area (Å²) in [5.41, 5.74) is 0. The Morgan fingerprint density at radius 1 is 0.842 bits per heavy atom. The first-order valence-electron chi connectivity index (χ1n) is 9.06. The zero-order valence-corrected chi connectivity index (χ0v) is 12.6. The van der Waals surface area contributed by atoms with Gasteiger partial charge in [0, 0.05) is 6.04 Å². The number of fused-ring (bicyclic) bond motifs is 5. The maximum atomic E-state index is 4.03. The van der Waals surface area contributed by atoms with Crippen molar-refractivity contribution >= 4 is 0 Å². The van der Waals surface area contributed by atoms with Gasteiger partial charge in [-0.05, 0) is 74.2 Å². The molecule has 4 aliphatic carbocycles. The Bertz CT molecular complexity index is 326. The van der Waals surface area contributed by atoms with Gasteiger partial charge >= 0.3 is 0 Å². The standard InChI is InChI=1S/C18H31N/c1-12-5-2-3-6-13(12)11-19-18-10-14-9-17(18)16-8-4-7-15(14)16/h12-19H,2-11H2,1H3. The molecule has 7 unspecified atom stereocenters. The van der Waals surface area contributed by atoms with E-state index in [4.69, 9.17) is 0 Å². The van der Waals surface area contributed by atoms with E-state index in [0.29, 0.717) is 0 Å². The first-order valence-corrected chi connectivity index (χ1v) is 9.06. The van der Waals surface area contributed by atoms with Crippen LogP contribution in [0.15, 0.2) is 0 Å². The Kier molecular flexibility index (Phi) is 3.38. The summed E-state index contributed by atoms with van der Waals surface area (Å²) in [4.78, 5) is 0. The lowest BCUT2D eigenvalue weighted by molar-refractivity contribution is 0.184. The third-order valence-electron chi connectivity index (χ3n) is 7.36. The predicted molar refractivity (Wildman–Crippen MR) is 80.0 cm³/mol. The highest BCUT2D eigenvalue weighted by Gasteiger charge is 2.53. The molecule has 0 saturated heterocycles. The first kappa shape index (κ1) is 12.7. The molecular formula is C18H31N. The summed E-state index contributed by atoms with van der Waals surface area (Å²) >= 11 is 0. The van der Waals surface area contributed by atoms with Crippen molar-refractivity contribution in [3.05, 3.63) is 0 Å². The van der Waals surface area contributed by atoms with Crippen molar-refractivity contribution in [2.45, 2.75) is 70.8 Å². The van der Waals surface area contributed by atoms with Crippen LogP contribution in [0, 0.1) is 35.5 Å². The molecule has 0 aromatic carbocycles. The van der Waals surface area contributed by atoms with E-state index in [0.717, 1.165) is 41.5 Å². The Hall–Kier alpha value is -0.0400. The van der Waals surface area contributed by atoms with Crippen molar-refractivity contribution in [1.29, 1.82) is 0 Å². The minimum Gasteiger partial charge on any atom is -0.313 e. The van der Waals surface area contributed by atoms with Gasteiger partial charge in [-0.1, -0.05) is 32.6 Å². The van der Waals surface area contributed by atoms with Crippen molar-refractivity contribution in [1.82, 2.24) is 5.32 Å². The third kappa shape index (κ3) is 2.17. The molecular weight excluding hydrogens is 230 g/mol. The molecule has 0 spiro atoms. The van der Waals surface area contributed by atoms with Gasteiger partial charge in [0.05, 0.1) is 0 Å². The summed E-state index contributed by atoms with van der Waals surface area (Å²) in [7, 11) is 0. The van der Waals surface area contributed by atoms with E-state index in [1.165, 1.54) is 45.1 Å². The van der Waals surface area contributed by atoms with E-state index in [1.54, 1.807) is 19.3 Å². The number of hydrogen-bond acceptors (Lipinski definition) is 1. The van der Waals surface area contributed by atoms with Crippen LogP contribution in [0.5, 0.6) is 0 Å². The van der Waals surface area contributed by atoms with Crippen molar-refractivity contribution in [3.8, 4) is 0 Å². The van der Waals surface area contributed by atoms with Crippen LogP contribution in [-0.2, 0) is 0 Å². The average Bonchev–Trinajstić information content (AvgIpc) is 3.10. The van der Waals surface area contributed by atoms with Gasteiger partial charge in [-0.25, -0.2) is 0 Å². The molecule has 2 bridgehead atoms. The van der Waals surface area contributed by atoms with Crippen molar-refractivity contribution in [2.75, 3.05) is 6.54 Å². The van der Waals surface area contributed by atoms with Crippen LogP contribution in [0.3, 0.4) is 0 Å². The van der Waals surface area contributed by atoms with E-state index in [-0.39, 0.29) is 0 Å². The Labute approximate surface area is 118 Å². The molecule has 1 N–H and O–H groups in total. The Balaban J connectivity index is 1.32. The van der Waals surface area contributed by atoms with Crippen LogP contribution >= 0.6 is 0 Å². The van der Waals surface area contributed by atoms with E-state index in [1.807, 2.05) is 0 Å². The molecule has 1 heteroatoms. The predicted octanol–water partition coefficient (Wildman–Crippen LogP) is 4.23. The van der Waals surface area contributed by atoms with Crippen LogP contribution in [0.2, 0.25) is 0 Å². The van der Waals surface area contributed by atoms with E-state index in [2.05, 4.69) is 12.2 Å². The largest absolute Gasteiger partial charge is 0.313 e. The zero-order valence-electron chi connectivity index (χ0n) is 12.6. The van der Waals surface area contributed by atoms with Crippen LogP contribution in [0.1, 0.15) is 64.7 Å². The molecule has 0 radical (unpaired) electrons. The fourth-order valence-electron chi connectivity index (χ4n) is 6.30. The lowest BCUT2D eigenvalue weighted by Gasteiger charge is -2.35. The fraction of sp³-hybridized carbons (Fsp3) is 1.00. The molecule has 0 aromatic heterocycles. The van der Waals surface area contributed by atoms with Gasteiger partial charge < -0.3 is 5.32 Å². The molecule has 4 fully saturated rings.